The van der Waals surface area contributed by atoms with Gasteiger partial charge in [-0.15, -0.1) is 0 Å². The van der Waals surface area contributed by atoms with Crippen molar-refractivity contribution in [2.75, 3.05) is 0 Å². The van der Waals surface area contributed by atoms with Gasteiger partial charge in [-0.1, -0.05) is 6.07 Å². The molecule has 1 nitrogen and oxygen atoms in total. The number of hydrogen-bond acceptors (Lipinski definition) is 1. The van der Waals surface area contributed by atoms with Gasteiger partial charge < -0.3 is 5.11 Å². The highest BCUT2D eigenvalue weighted by Gasteiger charge is 2.35. The van der Waals surface area contributed by atoms with Crippen molar-refractivity contribution in [1.82, 2.24) is 0 Å². The van der Waals surface area contributed by atoms with Crippen LogP contribution in [0.15, 0.2) is 36.4 Å². The monoisotopic (exact) mass is 306 g/mol. The molecule has 2 aromatic rings. The maximum atomic E-state index is 13.1. The van der Waals surface area contributed by atoms with Gasteiger partial charge in [-0.05, 0) is 35.4 Å². The second kappa shape index (κ2) is 5.40. The first-order valence-corrected chi connectivity index (χ1v) is 5.69. The van der Waals surface area contributed by atoms with E-state index in [0.717, 1.165) is 12.1 Å². The van der Waals surface area contributed by atoms with E-state index in [1.54, 1.807) is 0 Å². The van der Waals surface area contributed by atoms with Gasteiger partial charge in [0.2, 0.25) is 0 Å². The SMILES string of the molecule is OC(c1cc(F)cc(F)c1)c1ccc(F)cc1C(F)(F)F. The minimum absolute atomic E-state index is 0.216. The third-order valence-corrected chi connectivity index (χ3v) is 2.82. The summed E-state index contributed by atoms with van der Waals surface area (Å²) in [7, 11) is 0. The van der Waals surface area contributed by atoms with Crippen LogP contribution in [0.2, 0.25) is 0 Å². The van der Waals surface area contributed by atoms with E-state index in [4.69, 9.17) is 0 Å². The first-order valence-electron chi connectivity index (χ1n) is 5.69. The van der Waals surface area contributed by atoms with Gasteiger partial charge >= 0.3 is 6.18 Å². The molecule has 2 aromatic carbocycles. The highest BCUT2D eigenvalue weighted by Crippen LogP contribution is 2.37. The van der Waals surface area contributed by atoms with Crippen LogP contribution < -0.4 is 0 Å². The Hall–Kier alpha value is -2.02. The topological polar surface area (TPSA) is 20.2 Å². The van der Waals surface area contributed by atoms with E-state index >= 15 is 0 Å². The zero-order chi connectivity index (χ0) is 15.8. The molecular weight excluding hydrogens is 298 g/mol. The van der Waals surface area contributed by atoms with Gasteiger partial charge in [-0.3, -0.25) is 0 Å². The van der Waals surface area contributed by atoms with Crippen LogP contribution in [0.25, 0.3) is 0 Å². The van der Waals surface area contributed by atoms with Crippen molar-refractivity contribution in [3.63, 3.8) is 0 Å². The van der Waals surface area contributed by atoms with Gasteiger partial charge in [0.1, 0.15) is 23.6 Å². The van der Waals surface area contributed by atoms with E-state index in [1.807, 2.05) is 0 Å². The van der Waals surface area contributed by atoms with Crippen LogP contribution in [0, 0.1) is 17.5 Å². The highest BCUT2D eigenvalue weighted by atomic mass is 19.4. The van der Waals surface area contributed by atoms with Crippen molar-refractivity contribution >= 4 is 0 Å². The second-order valence-electron chi connectivity index (χ2n) is 4.33. The number of rotatable bonds is 2. The average molecular weight is 306 g/mol. The molecule has 7 heteroatoms. The molecule has 1 atom stereocenters. The van der Waals surface area contributed by atoms with Crippen molar-refractivity contribution in [3.8, 4) is 0 Å². The Morgan fingerprint density at radius 1 is 0.810 bits per heavy atom. The van der Waals surface area contributed by atoms with Gasteiger partial charge in [0.15, 0.2) is 0 Å². The summed E-state index contributed by atoms with van der Waals surface area (Å²) < 4.78 is 77.6. The summed E-state index contributed by atoms with van der Waals surface area (Å²) in [5, 5.41) is 9.92. The number of benzene rings is 2. The molecule has 0 saturated heterocycles. The molecule has 112 valence electrons. The number of aliphatic hydroxyl groups excluding tert-OH is 1. The molecule has 0 bridgehead atoms. The predicted octanol–water partition coefficient (Wildman–Crippen LogP) is 4.20. The zero-order valence-electron chi connectivity index (χ0n) is 10.3. The minimum atomic E-state index is -4.91. The Kier molecular flexibility index (Phi) is 3.95. The summed E-state index contributed by atoms with van der Waals surface area (Å²) in [4.78, 5) is 0. The lowest BCUT2D eigenvalue weighted by molar-refractivity contribution is -0.139. The van der Waals surface area contributed by atoms with E-state index in [9.17, 15) is 31.4 Å². The fraction of sp³-hybridized carbons (Fsp3) is 0.143. The molecule has 1 unspecified atom stereocenters. The van der Waals surface area contributed by atoms with Gasteiger partial charge in [0, 0.05) is 6.07 Å². The fourth-order valence-corrected chi connectivity index (χ4v) is 1.93. The van der Waals surface area contributed by atoms with Crippen LogP contribution in [-0.2, 0) is 6.18 Å². The van der Waals surface area contributed by atoms with Crippen molar-refractivity contribution in [1.29, 1.82) is 0 Å². The summed E-state index contributed by atoms with van der Waals surface area (Å²) in [5.41, 5.74) is -2.49. The molecule has 0 amide bonds. The molecule has 1 N–H and O–H groups in total. The normalized spacial score (nSPS) is 13.3. The molecular formula is C14H8F6O. The third kappa shape index (κ3) is 3.36. The summed E-state index contributed by atoms with van der Waals surface area (Å²) >= 11 is 0. The standard InChI is InChI=1S/C14H8F6O/c15-8-1-2-11(12(6-8)14(18,19)20)13(21)7-3-9(16)5-10(17)4-7/h1-6,13,21H. The maximum absolute atomic E-state index is 13.1. The van der Waals surface area contributed by atoms with Crippen molar-refractivity contribution < 1.29 is 31.4 Å². The molecule has 0 spiro atoms. The zero-order valence-corrected chi connectivity index (χ0v) is 10.3. The van der Waals surface area contributed by atoms with E-state index in [1.165, 1.54) is 0 Å². The van der Waals surface area contributed by atoms with Gasteiger partial charge in [0.25, 0.3) is 0 Å². The van der Waals surface area contributed by atoms with Crippen LogP contribution in [0.1, 0.15) is 22.8 Å². The maximum Gasteiger partial charge on any atom is 0.416 e. The Morgan fingerprint density at radius 3 is 1.90 bits per heavy atom. The van der Waals surface area contributed by atoms with Gasteiger partial charge in [-0.2, -0.15) is 13.2 Å². The summed E-state index contributed by atoms with van der Waals surface area (Å²) in [5.74, 6) is -3.22. The molecule has 0 aliphatic heterocycles. The fourth-order valence-electron chi connectivity index (χ4n) is 1.93. The van der Waals surface area contributed by atoms with Gasteiger partial charge in [0.05, 0.1) is 5.56 Å². The number of aliphatic hydroxyl groups is 1. The number of hydrogen-bond donors (Lipinski definition) is 1. The molecule has 0 radical (unpaired) electrons. The third-order valence-electron chi connectivity index (χ3n) is 2.82. The van der Waals surface area contributed by atoms with Crippen molar-refractivity contribution in [3.05, 3.63) is 70.5 Å². The van der Waals surface area contributed by atoms with Crippen LogP contribution in [0.3, 0.4) is 0 Å². The Bertz CT molecular complexity index is 645. The van der Waals surface area contributed by atoms with Crippen LogP contribution in [0.4, 0.5) is 26.3 Å². The smallest absolute Gasteiger partial charge is 0.384 e. The lowest BCUT2D eigenvalue weighted by Crippen LogP contribution is -2.13. The van der Waals surface area contributed by atoms with E-state index < -0.39 is 46.4 Å². The van der Waals surface area contributed by atoms with E-state index in [2.05, 4.69) is 0 Å². The molecule has 0 aliphatic rings. The lowest BCUT2D eigenvalue weighted by Gasteiger charge is -2.18. The molecule has 0 aromatic heterocycles. The minimum Gasteiger partial charge on any atom is -0.384 e. The Morgan fingerprint density at radius 2 is 1.38 bits per heavy atom. The first kappa shape index (κ1) is 15.4. The largest absolute Gasteiger partial charge is 0.416 e. The quantitative estimate of drug-likeness (QED) is 0.824. The van der Waals surface area contributed by atoms with Crippen molar-refractivity contribution in [2.45, 2.75) is 12.3 Å². The molecule has 2 rings (SSSR count). The number of alkyl halides is 3. The molecule has 0 aliphatic carbocycles. The van der Waals surface area contributed by atoms with Gasteiger partial charge in [-0.25, -0.2) is 13.2 Å². The van der Waals surface area contributed by atoms with Crippen LogP contribution in [-0.4, -0.2) is 5.11 Å². The van der Waals surface area contributed by atoms with Crippen molar-refractivity contribution in [2.24, 2.45) is 0 Å². The lowest BCUT2D eigenvalue weighted by atomic mass is 9.96. The first-order chi connectivity index (χ1) is 9.68. The molecule has 0 saturated carbocycles. The molecule has 0 fully saturated rings. The molecule has 21 heavy (non-hydrogen) atoms. The van der Waals surface area contributed by atoms with E-state index in [0.29, 0.717) is 18.2 Å². The summed E-state index contributed by atoms with van der Waals surface area (Å²) in [6, 6.07) is 3.60. The Balaban J connectivity index is 2.55. The Labute approximate surface area is 115 Å². The predicted molar refractivity (Wildman–Crippen MR) is 61.8 cm³/mol. The summed E-state index contributed by atoms with van der Waals surface area (Å²) in [6.45, 7) is 0. The van der Waals surface area contributed by atoms with Crippen LogP contribution >= 0.6 is 0 Å². The van der Waals surface area contributed by atoms with E-state index in [-0.39, 0.29) is 6.07 Å². The average Bonchev–Trinajstić information content (AvgIpc) is 2.35. The number of halogens is 6. The highest BCUT2D eigenvalue weighted by molar-refractivity contribution is 5.38. The molecule has 0 heterocycles. The summed E-state index contributed by atoms with van der Waals surface area (Å²) in [6.07, 6.45) is -6.85. The van der Waals surface area contributed by atoms with Crippen LogP contribution in [0.5, 0.6) is 0 Å². The second-order valence-corrected chi connectivity index (χ2v) is 4.33.